The summed E-state index contributed by atoms with van der Waals surface area (Å²) in [4.78, 5) is 0. The van der Waals surface area contributed by atoms with Gasteiger partial charge in [-0.25, -0.2) is 0 Å². The third-order valence-electron chi connectivity index (χ3n) is 1.33. The van der Waals surface area contributed by atoms with Crippen molar-refractivity contribution in [1.82, 2.24) is 0 Å². The molecule has 0 saturated heterocycles. The Balaban J connectivity index is 3.30. The van der Waals surface area contributed by atoms with Gasteiger partial charge in [-0.3, -0.25) is 0 Å². The van der Waals surface area contributed by atoms with E-state index in [9.17, 15) is 12.9 Å². The van der Waals surface area contributed by atoms with Gasteiger partial charge in [-0.2, -0.15) is 0 Å². The number of unbranched alkanes of at least 4 members (excludes halogenated alkanes) is 3. The van der Waals surface area contributed by atoms with E-state index >= 15 is 0 Å². The standard InChI is InChI=1S/C7H13BF3/c1-2-3-4-5-6-7-8(9,10)11/h6-7H,2-5H2,1H3/q-1/b7-6+. The van der Waals surface area contributed by atoms with Crippen LogP contribution in [0.15, 0.2) is 12.1 Å². The van der Waals surface area contributed by atoms with Crippen molar-refractivity contribution in [3.05, 3.63) is 12.1 Å². The molecule has 0 unspecified atom stereocenters. The SMILES string of the molecule is CCCCC/C=C/[B-](F)(F)F. The third kappa shape index (κ3) is 9.59. The summed E-state index contributed by atoms with van der Waals surface area (Å²) < 4.78 is 34.6. The molecule has 0 aromatic rings. The number of rotatable bonds is 5. The van der Waals surface area contributed by atoms with Gasteiger partial charge in [0.15, 0.2) is 0 Å². The maximum absolute atomic E-state index is 11.5. The Morgan fingerprint density at radius 3 is 2.27 bits per heavy atom. The van der Waals surface area contributed by atoms with E-state index < -0.39 is 6.98 Å². The molecule has 0 radical (unpaired) electrons. The number of halogens is 3. The quantitative estimate of drug-likeness (QED) is 0.431. The Morgan fingerprint density at radius 2 is 1.82 bits per heavy atom. The molecule has 0 heterocycles. The topological polar surface area (TPSA) is 0 Å². The lowest BCUT2D eigenvalue weighted by molar-refractivity contribution is 0.498. The van der Waals surface area contributed by atoms with Crippen molar-refractivity contribution in [1.29, 1.82) is 0 Å². The van der Waals surface area contributed by atoms with E-state index in [0.717, 1.165) is 19.3 Å². The van der Waals surface area contributed by atoms with Gasteiger partial charge in [0, 0.05) is 0 Å². The molecule has 11 heavy (non-hydrogen) atoms. The second-order valence-electron chi connectivity index (χ2n) is 2.55. The summed E-state index contributed by atoms with van der Waals surface area (Å²) in [6, 6.07) is 0. The second kappa shape index (κ2) is 5.27. The lowest BCUT2D eigenvalue weighted by Crippen LogP contribution is -2.09. The van der Waals surface area contributed by atoms with Crippen LogP contribution in [0.4, 0.5) is 12.9 Å². The molecule has 0 aromatic carbocycles. The van der Waals surface area contributed by atoms with Gasteiger partial charge in [0.05, 0.1) is 0 Å². The van der Waals surface area contributed by atoms with Gasteiger partial charge >= 0.3 is 6.98 Å². The summed E-state index contributed by atoms with van der Waals surface area (Å²) in [5, 5.41) is 0. The van der Waals surface area contributed by atoms with E-state index in [0.29, 0.717) is 12.4 Å². The lowest BCUT2D eigenvalue weighted by atomic mass is 9.91. The molecule has 0 saturated carbocycles. The van der Waals surface area contributed by atoms with Crippen LogP contribution < -0.4 is 0 Å². The van der Waals surface area contributed by atoms with Crippen LogP contribution in [-0.4, -0.2) is 6.98 Å². The Bertz CT molecular complexity index is 117. The molecule has 0 N–H and O–H groups in total. The molecule has 0 nitrogen and oxygen atoms in total. The second-order valence-corrected chi connectivity index (χ2v) is 2.55. The summed E-state index contributed by atoms with van der Waals surface area (Å²) in [7, 11) is 0. The monoisotopic (exact) mass is 165 g/mol. The highest BCUT2D eigenvalue weighted by molar-refractivity contribution is 6.64. The zero-order chi connectivity index (χ0) is 8.74. The van der Waals surface area contributed by atoms with Gasteiger partial charge in [0.25, 0.3) is 0 Å². The van der Waals surface area contributed by atoms with Crippen molar-refractivity contribution >= 4 is 6.98 Å². The molecule has 0 aromatic heterocycles. The fraction of sp³-hybridized carbons (Fsp3) is 0.714. The minimum Gasteiger partial charge on any atom is -0.445 e. The molecular weight excluding hydrogens is 152 g/mol. The van der Waals surface area contributed by atoms with E-state index in [1.807, 2.05) is 6.92 Å². The third-order valence-corrected chi connectivity index (χ3v) is 1.33. The molecule has 4 heteroatoms. The molecule has 0 atom stereocenters. The average Bonchev–Trinajstić information content (AvgIpc) is 1.85. The molecule has 0 aliphatic carbocycles. The van der Waals surface area contributed by atoms with E-state index in [-0.39, 0.29) is 0 Å². The molecule has 0 fully saturated rings. The van der Waals surface area contributed by atoms with E-state index in [1.54, 1.807) is 0 Å². The highest BCUT2D eigenvalue weighted by atomic mass is 19.4. The first kappa shape index (κ1) is 10.6. The molecule has 0 aliphatic heterocycles. The zero-order valence-electron chi connectivity index (χ0n) is 6.69. The first-order chi connectivity index (χ1) is 5.06. The highest BCUT2D eigenvalue weighted by Crippen LogP contribution is 2.10. The van der Waals surface area contributed by atoms with Crippen molar-refractivity contribution < 1.29 is 12.9 Å². The minimum atomic E-state index is -4.70. The number of hydrogen-bond donors (Lipinski definition) is 0. The van der Waals surface area contributed by atoms with Gasteiger partial charge < -0.3 is 12.9 Å². The van der Waals surface area contributed by atoms with E-state index in [2.05, 4.69) is 0 Å². The Labute approximate surface area is 65.5 Å². The van der Waals surface area contributed by atoms with Crippen LogP contribution in [0.2, 0.25) is 0 Å². The molecule has 0 spiro atoms. The smallest absolute Gasteiger partial charge is 0.445 e. The summed E-state index contributed by atoms with van der Waals surface area (Å²) in [5.74, 6) is 0.371. The van der Waals surface area contributed by atoms with Crippen molar-refractivity contribution in [3.63, 3.8) is 0 Å². The van der Waals surface area contributed by atoms with Gasteiger partial charge in [0.1, 0.15) is 0 Å². The van der Waals surface area contributed by atoms with Crippen molar-refractivity contribution in [2.24, 2.45) is 0 Å². The number of allylic oxidation sites excluding steroid dienone is 1. The normalized spacial score (nSPS) is 12.7. The van der Waals surface area contributed by atoms with Crippen LogP contribution in [0.5, 0.6) is 0 Å². The predicted octanol–water partition coefficient (Wildman–Crippen LogP) is 3.51. The van der Waals surface area contributed by atoms with Gasteiger partial charge in [-0.05, 0) is 12.8 Å². The predicted molar refractivity (Wildman–Crippen MR) is 42.4 cm³/mol. The van der Waals surface area contributed by atoms with Crippen LogP contribution in [0.1, 0.15) is 32.6 Å². The summed E-state index contributed by atoms with van der Waals surface area (Å²) in [6.45, 7) is -2.68. The van der Waals surface area contributed by atoms with Crippen molar-refractivity contribution in [3.8, 4) is 0 Å². The Hall–Kier alpha value is -0.405. The molecule has 0 rings (SSSR count). The van der Waals surface area contributed by atoms with Crippen LogP contribution in [0.3, 0.4) is 0 Å². The average molecular weight is 165 g/mol. The van der Waals surface area contributed by atoms with Crippen LogP contribution in [0, 0.1) is 0 Å². The Kier molecular flexibility index (Phi) is 5.08. The fourth-order valence-electron chi connectivity index (χ4n) is 0.763. The summed E-state index contributed by atoms with van der Waals surface area (Å²) in [6.07, 6.45) is 4.68. The first-order valence-corrected chi connectivity index (χ1v) is 3.94. The van der Waals surface area contributed by atoms with Crippen LogP contribution >= 0.6 is 0 Å². The minimum absolute atomic E-state index is 0.371. The molecule has 0 aliphatic rings. The van der Waals surface area contributed by atoms with Crippen molar-refractivity contribution in [2.45, 2.75) is 32.6 Å². The van der Waals surface area contributed by atoms with Crippen LogP contribution in [0.25, 0.3) is 0 Å². The van der Waals surface area contributed by atoms with E-state index in [4.69, 9.17) is 0 Å². The summed E-state index contributed by atoms with van der Waals surface area (Å²) >= 11 is 0. The van der Waals surface area contributed by atoms with E-state index in [1.165, 1.54) is 6.08 Å². The molecular formula is C7H13BF3-. The highest BCUT2D eigenvalue weighted by Gasteiger charge is 2.16. The lowest BCUT2D eigenvalue weighted by Gasteiger charge is -2.05. The zero-order valence-corrected chi connectivity index (χ0v) is 6.69. The maximum Gasteiger partial charge on any atom is 0.502 e. The first-order valence-electron chi connectivity index (χ1n) is 3.94. The largest absolute Gasteiger partial charge is 0.502 e. The fourth-order valence-corrected chi connectivity index (χ4v) is 0.763. The molecule has 66 valence electrons. The van der Waals surface area contributed by atoms with Gasteiger partial charge in [-0.15, -0.1) is 12.1 Å². The van der Waals surface area contributed by atoms with Gasteiger partial charge in [0.2, 0.25) is 0 Å². The maximum atomic E-state index is 11.5. The van der Waals surface area contributed by atoms with Crippen LogP contribution in [-0.2, 0) is 0 Å². The Morgan fingerprint density at radius 1 is 1.18 bits per heavy atom. The van der Waals surface area contributed by atoms with Gasteiger partial charge in [-0.1, -0.05) is 19.8 Å². The summed E-state index contributed by atoms with van der Waals surface area (Å²) in [5.41, 5.74) is 0. The van der Waals surface area contributed by atoms with Crippen molar-refractivity contribution in [2.75, 3.05) is 0 Å². The number of hydrogen-bond acceptors (Lipinski definition) is 0. The molecule has 0 amide bonds. The molecule has 0 bridgehead atoms.